The average Bonchev–Trinajstić information content (AvgIpc) is 3.58. The topological polar surface area (TPSA) is 114 Å². The molecule has 3 aromatic heterocycles. The van der Waals surface area contributed by atoms with Gasteiger partial charge in [-0.1, -0.05) is 6.07 Å². The molecule has 0 aliphatic rings. The van der Waals surface area contributed by atoms with E-state index in [1.165, 1.54) is 23.2 Å². The van der Waals surface area contributed by atoms with Crippen molar-refractivity contribution in [1.82, 2.24) is 19.5 Å². The highest BCUT2D eigenvalue weighted by molar-refractivity contribution is 6.11. The van der Waals surface area contributed by atoms with E-state index in [4.69, 9.17) is 5.73 Å². The number of hydrogen-bond donors (Lipinski definition) is 3. The van der Waals surface area contributed by atoms with Crippen molar-refractivity contribution >= 4 is 40.1 Å². The fraction of sp³-hybridized carbons (Fsp3) is 0.103. The normalized spacial score (nSPS) is 12.4. The standard InChI is InChI=1S/C29H24F3N7O/c1-17-3-4-24(11-26(17)35-14-22(12-33)21-7-19-5-6-34-27(19)36-13-21)38-28(40)20-8-23(29(30,31)32)10-25(9-20)39-15-18(2)37-16-39/h3-16H,33H2,1-2H3,(H,34,36)(H,38,40). The minimum Gasteiger partial charge on any atom is -0.404 e. The van der Waals surface area contributed by atoms with Crippen molar-refractivity contribution in [2.45, 2.75) is 20.0 Å². The minimum atomic E-state index is -4.64. The average molecular weight is 544 g/mol. The van der Waals surface area contributed by atoms with E-state index >= 15 is 0 Å². The number of carbonyl (C=O) groups excluding carboxylic acids is 1. The number of nitrogens with two attached hydrogens (primary N) is 1. The molecule has 1 amide bonds. The maximum Gasteiger partial charge on any atom is 0.416 e. The van der Waals surface area contributed by atoms with Gasteiger partial charge in [0.15, 0.2) is 0 Å². The van der Waals surface area contributed by atoms with Crippen LogP contribution in [0.1, 0.15) is 32.7 Å². The molecule has 0 radical (unpaired) electrons. The van der Waals surface area contributed by atoms with Gasteiger partial charge in [0.05, 0.1) is 23.3 Å². The summed E-state index contributed by atoms with van der Waals surface area (Å²) >= 11 is 0. The van der Waals surface area contributed by atoms with Gasteiger partial charge in [0, 0.05) is 64.5 Å². The molecule has 3 heterocycles. The second-order valence-electron chi connectivity index (χ2n) is 9.16. The smallest absolute Gasteiger partial charge is 0.404 e. The van der Waals surface area contributed by atoms with E-state index in [1.807, 2.05) is 19.1 Å². The summed E-state index contributed by atoms with van der Waals surface area (Å²) < 4.78 is 42.3. The summed E-state index contributed by atoms with van der Waals surface area (Å²) in [7, 11) is 0. The predicted octanol–water partition coefficient (Wildman–Crippen LogP) is 6.34. The third-order valence-corrected chi connectivity index (χ3v) is 6.24. The lowest BCUT2D eigenvalue weighted by molar-refractivity contribution is -0.137. The van der Waals surface area contributed by atoms with Crippen molar-refractivity contribution in [1.29, 1.82) is 0 Å². The number of allylic oxidation sites excluding steroid dienone is 1. The van der Waals surface area contributed by atoms with Crippen LogP contribution in [0.4, 0.5) is 24.5 Å². The number of carbonyl (C=O) groups is 1. The van der Waals surface area contributed by atoms with Gasteiger partial charge in [-0.25, -0.2) is 9.97 Å². The van der Waals surface area contributed by atoms with Crippen LogP contribution >= 0.6 is 0 Å². The van der Waals surface area contributed by atoms with E-state index in [2.05, 4.69) is 25.3 Å². The Morgan fingerprint density at radius 2 is 1.90 bits per heavy atom. The monoisotopic (exact) mass is 543 g/mol. The van der Waals surface area contributed by atoms with E-state index in [0.717, 1.165) is 34.3 Å². The van der Waals surface area contributed by atoms with Crippen molar-refractivity contribution in [2.75, 3.05) is 5.32 Å². The first-order chi connectivity index (χ1) is 19.1. The van der Waals surface area contributed by atoms with Crippen LogP contribution in [0.3, 0.4) is 0 Å². The molecular weight excluding hydrogens is 519 g/mol. The molecule has 11 heteroatoms. The summed E-state index contributed by atoms with van der Waals surface area (Å²) in [6.45, 7) is 3.57. The molecule has 8 nitrogen and oxygen atoms in total. The highest BCUT2D eigenvalue weighted by Gasteiger charge is 2.32. The molecule has 40 heavy (non-hydrogen) atoms. The van der Waals surface area contributed by atoms with Crippen LogP contribution in [0.15, 0.2) is 84.6 Å². The predicted molar refractivity (Wildman–Crippen MR) is 149 cm³/mol. The number of aromatic amines is 1. The molecule has 202 valence electrons. The number of rotatable bonds is 6. The van der Waals surface area contributed by atoms with Crippen molar-refractivity contribution in [2.24, 2.45) is 10.7 Å². The Bertz CT molecular complexity index is 1780. The zero-order valence-electron chi connectivity index (χ0n) is 21.5. The number of fused-ring (bicyclic) bond motifs is 1. The summed E-state index contributed by atoms with van der Waals surface area (Å²) in [6, 6.07) is 12.1. The fourth-order valence-electron chi connectivity index (χ4n) is 4.10. The number of aromatic nitrogens is 4. The SMILES string of the molecule is Cc1cn(-c2cc(C(=O)Nc3ccc(C)c(N=CC(=CN)c4cnc5[nH]ccc5c4)c3)cc(C(F)(F)F)c2)cn1. The number of H-pyrrole nitrogens is 1. The van der Waals surface area contributed by atoms with E-state index in [1.54, 1.807) is 49.9 Å². The maximum absolute atomic E-state index is 13.6. The lowest BCUT2D eigenvalue weighted by atomic mass is 10.1. The molecule has 0 unspecified atom stereocenters. The number of benzene rings is 2. The van der Waals surface area contributed by atoms with Gasteiger partial charge < -0.3 is 20.6 Å². The van der Waals surface area contributed by atoms with Gasteiger partial charge in [0.25, 0.3) is 5.91 Å². The van der Waals surface area contributed by atoms with Crippen LogP contribution in [0.25, 0.3) is 22.3 Å². The molecule has 5 rings (SSSR count). The zero-order chi connectivity index (χ0) is 28.4. The Kier molecular flexibility index (Phi) is 6.95. The van der Waals surface area contributed by atoms with Gasteiger partial charge in [-0.3, -0.25) is 9.79 Å². The largest absolute Gasteiger partial charge is 0.416 e. The molecule has 0 spiro atoms. The molecule has 0 saturated carbocycles. The lowest BCUT2D eigenvalue weighted by Gasteiger charge is -2.13. The van der Waals surface area contributed by atoms with Crippen LogP contribution in [0.5, 0.6) is 0 Å². The quantitative estimate of drug-likeness (QED) is 0.217. The van der Waals surface area contributed by atoms with Crippen LogP contribution < -0.4 is 11.1 Å². The molecule has 0 aliphatic heterocycles. The van der Waals surface area contributed by atoms with E-state index in [-0.39, 0.29) is 11.3 Å². The summed E-state index contributed by atoms with van der Waals surface area (Å²) in [5.41, 5.74) is 9.46. The highest BCUT2D eigenvalue weighted by atomic mass is 19.4. The van der Waals surface area contributed by atoms with Crippen molar-refractivity contribution in [3.8, 4) is 5.69 Å². The van der Waals surface area contributed by atoms with Gasteiger partial charge >= 0.3 is 6.18 Å². The Morgan fingerprint density at radius 3 is 2.62 bits per heavy atom. The van der Waals surface area contributed by atoms with Crippen LogP contribution in [0, 0.1) is 13.8 Å². The number of aliphatic imine (C=N–C) groups is 1. The highest BCUT2D eigenvalue weighted by Crippen LogP contribution is 2.32. The Labute approximate surface area is 227 Å². The van der Waals surface area contributed by atoms with Gasteiger partial charge in [-0.2, -0.15) is 13.2 Å². The number of halogens is 3. The second kappa shape index (κ2) is 10.5. The number of imidazole rings is 1. The van der Waals surface area contributed by atoms with Gasteiger partial charge in [0.1, 0.15) is 5.65 Å². The number of hydrogen-bond acceptors (Lipinski definition) is 5. The Balaban J connectivity index is 1.41. The number of alkyl halides is 3. The first-order valence-corrected chi connectivity index (χ1v) is 12.2. The van der Waals surface area contributed by atoms with Crippen LogP contribution in [0.2, 0.25) is 0 Å². The minimum absolute atomic E-state index is 0.150. The van der Waals surface area contributed by atoms with Crippen molar-refractivity contribution in [3.63, 3.8) is 0 Å². The van der Waals surface area contributed by atoms with E-state index < -0.39 is 17.6 Å². The fourth-order valence-corrected chi connectivity index (χ4v) is 4.10. The second-order valence-corrected chi connectivity index (χ2v) is 9.16. The summed E-state index contributed by atoms with van der Waals surface area (Å²) in [6.07, 6.45) is 4.83. The van der Waals surface area contributed by atoms with Crippen LogP contribution in [-0.2, 0) is 6.18 Å². The number of nitrogens with one attached hydrogen (secondary N) is 2. The first-order valence-electron chi connectivity index (χ1n) is 12.2. The molecule has 4 N–H and O–H groups in total. The maximum atomic E-state index is 13.6. The number of pyridine rings is 1. The van der Waals surface area contributed by atoms with Crippen molar-refractivity contribution in [3.05, 3.63) is 108 Å². The first kappa shape index (κ1) is 26.4. The number of anilines is 1. The molecule has 2 aromatic carbocycles. The third-order valence-electron chi connectivity index (χ3n) is 6.24. The molecular formula is C29H24F3N7O. The summed E-state index contributed by atoms with van der Waals surface area (Å²) in [5, 5.41) is 3.60. The van der Waals surface area contributed by atoms with Crippen LogP contribution in [-0.4, -0.2) is 31.6 Å². The number of aryl methyl sites for hydroxylation is 2. The van der Waals surface area contributed by atoms with E-state index in [0.29, 0.717) is 22.6 Å². The van der Waals surface area contributed by atoms with E-state index in [9.17, 15) is 18.0 Å². The molecule has 0 saturated heterocycles. The zero-order valence-corrected chi connectivity index (χ0v) is 21.5. The molecule has 0 fully saturated rings. The summed E-state index contributed by atoms with van der Waals surface area (Å²) in [4.78, 5) is 29.1. The lowest BCUT2D eigenvalue weighted by Crippen LogP contribution is -2.15. The molecule has 0 bridgehead atoms. The van der Waals surface area contributed by atoms with Gasteiger partial charge in [-0.15, -0.1) is 0 Å². The summed E-state index contributed by atoms with van der Waals surface area (Å²) in [5.74, 6) is -0.698. The number of nitrogens with zero attached hydrogens (tertiary/aromatic N) is 4. The molecule has 0 atom stereocenters. The van der Waals surface area contributed by atoms with Gasteiger partial charge in [0.2, 0.25) is 0 Å². The Morgan fingerprint density at radius 1 is 1.07 bits per heavy atom. The molecule has 0 aliphatic carbocycles. The Hall–Kier alpha value is -5.19. The molecule has 5 aromatic rings. The number of amides is 1. The van der Waals surface area contributed by atoms with Crippen molar-refractivity contribution < 1.29 is 18.0 Å². The van der Waals surface area contributed by atoms with Gasteiger partial charge in [-0.05, 0) is 61.9 Å². The third kappa shape index (κ3) is 5.63.